The number of hydrogen-bond acceptors (Lipinski definition) is 3. The fourth-order valence-electron chi connectivity index (χ4n) is 4.48. The van der Waals surface area contributed by atoms with E-state index in [1.165, 1.54) is 12.8 Å². The van der Waals surface area contributed by atoms with Gasteiger partial charge in [-0.3, -0.25) is 5.32 Å². The van der Waals surface area contributed by atoms with Crippen LogP contribution in [0.2, 0.25) is 0 Å². The molecule has 3 heterocycles. The molecule has 0 spiro atoms. The highest BCUT2D eigenvalue weighted by molar-refractivity contribution is 7.08. The van der Waals surface area contributed by atoms with Gasteiger partial charge in [-0.15, -0.1) is 0 Å². The molecule has 2 saturated heterocycles. The monoisotopic (exact) mass is 436 g/mol. The van der Waals surface area contributed by atoms with E-state index in [0.717, 1.165) is 34.1 Å². The molecule has 2 bridgehead atoms. The lowest BCUT2D eigenvalue weighted by molar-refractivity contribution is -0.931. The summed E-state index contributed by atoms with van der Waals surface area (Å²) in [6.45, 7) is 0. The van der Waals surface area contributed by atoms with Crippen LogP contribution >= 0.6 is 11.3 Å². The Hall–Kier alpha value is -1.37. The fourth-order valence-corrected chi connectivity index (χ4v) is 5.14. The molecule has 3 atom stereocenters. The molecule has 2 fully saturated rings. The molecule has 0 unspecified atom stereocenters. The first-order chi connectivity index (χ1) is 12.0. The van der Waals surface area contributed by atoms with Gasteiger partial charge in [-0.1, -0.05) is 18.2 Å². The second-order valence-electron chi connectivity index (χ2n) is 7.70. The van der Waals surface area contributed by atoms with Crippen LogP contribution in [-0.4, -0.2) is 42.9 Å². The van der Waals surface area contributed by atoms with Gasteiger partial charge in [0.25, 0.3) is 0 Å². The Kier molecular flexibility index (Phi) is 5.75. The first-order valence-corrected chi connectivity index (χ1v) is 9.91. The highest BCUT2D eigenvalue weighted by Gasteiger charge is 2.49. The molecule has 0 aliphatic carbocycles. The highest BCUT2D eigenvalue weighted by atomic mass is 79.9. The third-order valence-electron chi connectivity index (χ3n) is 6.05. The van der Waals surface area contributed by atoms with Crippen LogP contribution in [0.4, 0.5) is 10.5 Å². The predicted molar refractivity (Wildman–Crippen MR) is 102 cm³/mol. The molecule has 1 N–H and O–H groups in total. The van der Waals surface area contributed by atoms with E-state index in [1.54, 1.807) is 11.3 Å². The number of anilines is 1. The van der Waals surface area contributed by atoms with E-state index in [9.17, 15) is 4.79 Å². The van der Waals surface area contributed by atoms with Crippen LogP contribution in [0.1, 0.15) is 25.7 Å². The second-order valence-corrected chi connectivity index (χ2v) is 8.48. The molecular formula is C20H25BrN2O2S. The van der Waals surface area contributed by atoms with Gasteiger partial charge < -0.3 is 26.2 Å². The van der Waals surface area contributed by atoms with Gasteiger partial charge in [-0.05, 0) is 28.5 Å². The molecule has 4 rings (SSSR count). The lowest BCUT2D eigenvalue weighted by Gasteiger charge is -2.43. The maximum absolute atomic E-state index is 12.5. The number of carbonyl (C=O) groups is 1. The highest BCUT2D eigenvalue weighted by Crippen LogP contribution is 2.40. The number of nitrogens with zero attached hydrogens (tertiary/aromatic N) is 1. The van der Waals surface area contributed by atoms with Crippen LogP contribution in [0.25, 0.3) is 11.1 Å². The van der Waals surface area contributed by atoms with Crippen molar-refractivity contribution >= 4 is 23.1 Å². The Labute approximate surface area is 169 Å². The fraction of sp³-hybridized carbons (Fsp3) is 0.450. The van der Waals surface area contributed by atoms with Crippen molar-refractivity contribution in [3.8, 4) is 11.1 Å². The van der Waals surface area contributed by atoms with E-state index in [-0.39, 0.29) is 29.2 Å². The maximum Gasteiger partial charge on any atom is 0.411 e. The topological polar surface area (TPSA) is 38.3 Å². The molecule has 1 amide bonds. The quantitative estimate of drug-likeness (QED) is 0.744. The minimum absolute atomic E-state index is 0. The summed E-state index contributed by atoms with van der Waals surface area (Å²) >= 11 is 1.65. The van der Waals surface area contributed by atoms with Crippen molar-refractivity contribution < 1.29 is 31.0 Å². The van der Waals surface area contributed by atoms with Crippen molar-refractivity contribution in [2.75, 3.05) is 19.4 Å². The Morgan fingerprint density at radius 2 is 1.85 bits per heavy atom. The van der Waals surface area contributed by atoms with Gasteiger partial charge in [-0.25, -0.2) is 4.79 Å². The first-order valence-electron chi connectivity index (χ1n) is 8.96. The minimum atomic E-state index is -0.334. The van der Waals surface area contributed by atoms with Crippen molar-refractivity contribution in [2.24, 2.45) is 0 Å². The SMILES string of the molecule is C[N+]1(C)[C@@H]2CC[C@H]1C[C@@H](OC(=O)Nc1ccccc1-c1ccsc1)C2.[Br-]. The number of hydrogen-bond donors (Lipinski definition) is 1. The molecule has 1 aromatic carbocycles. The Balaban J connectivity index is 0.00000196. The van der Waals surface area contributed by atoms with E-state index >= 15 is 0 Å². The van der Waals surface area contributed by atoms with Crippen molar-refractivity contribution in [2.45, 2.75) is 43.9 Å². The molecule has 2 aromatic rings. The number of halogens is 1. The average molecular weight is 437 g/mol. The first kappa shape index (κ1) is 19.4. The molecule has 6 heteroatoms. The molecule has 1 aromatic heterocycles. The number of benzene rings is 1. The third-order valence-corrected chi connectivity index (χ3v) is 6.74. The molecule has 26 heavy (non-hydrogen) atoms. The molecule has 4 nitrogen and oxygen atoms in total. The number of piperidine rings is 1. The summed E-state index contributed by atoms with van der Waals surface area (Å²) in [7, 11) is 4.63. The van der Waals surface area contributed by atoms with Crippen LogP contribution in [0.5, 0.6) is 0 Å². The zero-order chi connectivity index (χ0) is 17.4. The van der Waals surface area contributed by atoms with E-state index in [2.05, 4.69) is 30.9 Å². The largest absolute Gasteiger partial charge is 1.00 e. The number of fused-ring (bicyclic) bond motifs is 2. The van der Waals surface area contributed by atoms with Crippen LogP contribution in [0.15, 0.2) is 41.1 Å². The summed E-state index contributed by atoms with van der Waals surface area (Å²) in [5, 5.41) is 7.09. The van der Waals surface area contributed by atoms with Gasteiger partial charge in [0.15, 0.2) is 0 Å². The summed E-state index contributed by atoms with van der Waals surface area (Å²) in [4.78, 5) is 12.5. The average Bonchev–Trinajstić information content (AvgIpc) is 3.12. The lowest BCUT2D eigenvalue weighted by Crippen LogP contribution is -3.00. The van der Waals surface area contributed by atoms with E-state index in [0.29, 0.717) is 12.1 Å². The number of rotatable bonds is 3. The summed E-state index contributed by atoms with van der Waals surface area (Å²) < 4.78 is 6.87. The molecule has 140 valence electrons. The van der Waals surface area contributed by atoms with Crippen LogP contribution in [-0.2, 0) is 4.74 Å². The van der Waals surface area contributed by atoms with Gasteiger partial charge in [0, 0.05) is 31.2 Å². The third kappa shape index (κ3) is 3.68. The van der Waals surface area contributed by atoms with E-state index in [1.807, 2.05) is 29.6 Å². The van der Waals surface area contributed by atoms with Gasteiger partial charge in [-0.2, -0.15) is 11.3 Å². The van der Waals surface area contributed by atoms with Gasteiger partial charge in [0.05, 0.1) is 31.9 Å². The second kappa shape index (κ2) is 7.71. The summed E-state index contributed by atoms with van der Waals surface area (Å²) in [6, 6.07) is 11.2. The number of quaternary nitrogens is 1. The van der Waals surface area contributed by atoms with Crippen molar-refractivity contribution in [1.82, 2.24) is 0 Å². The number of ether oxygens (including phenoxy) is 1. The van der Waals surface area contributed by atoms with E-state index in [4.69, 9.17) is 4.74 Å². The number of carbonyl (C=O) groups excluding carboxylic acids is 1. The number of nitrogens with one attached hydrogen (secondary N) is 1. The smallest absolute Gasteiger partial charge is 0.411 e. The summed E-state index contributed by atoms with van der Waals surface area (Å²) in [5.41, 5.74) is 2.96. The van der Waals surface area contributed by atoms with Crippen LogP contribution < -0.4 is 22.3 Å². The normalized spacial score (nSPS) is 26.0. The zero-order valence-corrected chi connectivity index (χ0v) is 17.6. The van der Waals surface area contributed by atoms with Gasteiger partial charge in [0.1, 0.15) is 6.10 Å². The Morgan fingerprint density at radius 3 is 2.50 bits per heavy atom. The van der Waals surface area contributed by atoms with Crippen LogP contribution in [0, 0.1) is 0 Å². The van der Waals surface area contributed by atoms with Crippen molar-refractivity contribution in [3.05, 3.63) is 41.1 Å². The van der Waals surface area contributed by atoms with E-state index < -0.39 is 0 Å². The number of amides is 1. The number of thiophene rings is 1. The number of para-hydroxylation sites is 1. The lowest BCUT2D eigenvalue weighted by atomic mass is 9.98. The van der Waals surface area contributed by atoms with Crippen molar-refractivity contribution in [1.29, 1.82) is 0 Å². The molecule has 0 radical (unpaired) electrons. The minimum Gasteiger partial charge on any atom is -1.00 e. The molecule has 2 aliphatic rings. The van der Waals surface area contributed by atoms with Crippen LogP contribution in [0.3, 0.4) is 0 Å². The van der Waals surface area contributed by atoms with Crippen molar-refractivity contribution in [3.63, 3.8) is 0 Å². The zero-order valence-electron chi connectivity index (χ0n) is 15.2. The summed E-state index contributed by atoms with van der Waals surface area (Å²) in [6.07, 6.45) is 4.16. The molecular weight excluding hydrogens is 412 g/mol. The van der Waals surface area contributed by atoms with Gasteiger partial charge in [0.2, 0.25) is 0 Å². The molecule has 0 saturated carbocycles. The molecule has 2 aliphatic heterocycles. The summed E-state index contributed by atoms with van der Waals surface area (Å²) in [5.74, 6) is 0. The Bertz CT molecular complexity index is 747. The Morgan fingerprint density at radius 1 is 1.15 bits per heavy atom. The predicted octanol–water partition coefficient (Wildman–Crippen LogP) is 1.74. The standard InChI is InChI=1S/C20H24N2O2S.BrH/c1-22(2)15-7-8-16(22)12-17(11-15)24-20(23)21-19-6-4-3-5-18(19)14-9-10-25-13-14;/h3-6,9-10,13,15-17H,7-8,11-12H2,1-2H3;1H/t15-,16+,17+;. The van der Waals surface area contributed by atoms with Gasteiger partial charge >= 0.3 is 6.09 Å². The maximum atomic E-state index is 12.5.